The summed E-state index contributed by atoms with van der Waals surface area (Å²) in [4.78, 5) is 1.04. The van der Waals surface area contributed by atoms with E-state index in [9.17, 15) is 5.26 Å². The quantitative estimate of drug-likeness (QED) is 0.744. The molecule has 1 heterocycles. The molecular weight excluding hydrogens is 216 g/mol. The Labute approximate surface area is 99.5 Å². The fraction of sp³-hybridized carbons (Fsp3) is 0.231. The molecule has 1 aromatic carbocycles. The predicted molar refractivity (Wildman–Crippen MR) is 68.3 cm³/mol. The van der Waals surface area contributed by atoms with Gasteiger partial charge in [-0.2, -0.15) is 5.26 Å². The Morgan fingerprint density at radius 2 is 2.12 bits per heavy atom. The molecule has 1 aliphatic heterocycles. The Kier molecular flexibility index (Phi) is 3.12. The monoisotopic (exact) mass is 228 g/mol. The summed E-state index contributed by atoms with van der Waals surface area (Å²) < 4.78 is 0. The second-order valence-electron chi connectivity index (χ2n) is 3.75. The smallest absolute Gasteiger partial charge is 0.101 e. The minimum Gasteiger partial charge on any atom is -0.298 e. The summed E-state index contributed by atoms with van der Waals surface area (Å²) in [7, 11) is 0. The molecule has 16 heavy (non-hydrogen) atoms. The number of aryl methyl sites for hydroxylation is 1. The average molecular weight is 228 g/mol. The summed E-state index contributed by atoms with van der Waals surface area (Å²) in [5.74, 6) is 0. The van der Waals surface area contributed by atoms with Crippen molar-refractivity contribution >= 4 is 22.4 Å². The molecule has 0 saturated carbocycles. The molecule has 0 aromatic heterocycles. The van der Waals surface area contributed by atoms with Crippen LogP contribution in [0.25, 0.3) is 5.57 Å². The van der Waals surface area contributed by atoms with Crippen molar-refractivity contribution in [2.45, 2.75) is 19.8 Å². The Balaban J connectivity index is 2.49. The van der Waals surface area contributed by atoms with Crippen LogP contribution in [0.15, 0.2) is 29.2 Å². The molecule has 2 nitrogen and oxygen atoms in total. The van der Waals surface area contributed by atoms with E-state index in [0.29, 0.717) is 5.04 Å². The fourth-order valence-electron chi connectivity index (χ4n) is 1.78. The van der Waals surface area contributed by atoms with Gasteiger partial charge in [-0.1, -0.05) is 36.0 Å². The van der Waals surface area contributed by atoms with Crippen molar-refractivity contribution in [3.8, 4) is 6.07 Å². The molecule has 0 bridgehead atoms. The lowest BCUT2D eigenvalue weighted by molar-refractivity contribution is 1.11. The maximum Gasteiger partial charge on any atom is 0.101 e. The summed E-state index contributed by atoms with van der Waals surface area (Å²) in [5, 5.41) is 17.5. The molecule has 0 radical (unpaired) electrons. The van der Waals surface area contributed by atoms with Gasteiger partial charge >= 0.3 is 0 Å². The van der Waals surface area contributed by atoms with Gasteiger partial charge in [-0.05, 0) is 24.5 Å². The molecule has 1 aromatic rings. The lowest BCUT2D eigenvalue weighted by Crippen LogP contribution is -1.88. The molecule has 1 aliphatic rings. The molecule has 2 rings (SSSR count). The van der Waals surface area contributed by atoms with Crippen molar-refractivity contribution in [2.24, 2.45) is 0 Å². The van der Waals surface area contributed by atoms with Crippen LogP contribution in [0.5, 0.6) is 0 Å². The Bertz CT molecular complexity index is 509. The number of hydrogen-bond acceptors (Lipinski definition) is 3. The highest BCUT2D eigenvalue weighted by Gasteiger charge is 2.19. The van der Waals surface area contributed by atoms with E-state index >= 15 is 0 Å². The molecule has 0 aliphatic carbocycles. The fourth-order valence-corrected chi connectivity index (χ4v) is 2.74. The third-order valence-corrected chi connectivity index (χ3v) is 3.74. The minimum atomic E-state index is 0.663. The number of nitriles is 1. The number of thioether (sulfide) groups is 1. The van der Waals surface area contributed by atoms with E-state index in [1.54, 1.807) is 0 Å². The summed E-state index contributed by atoms with van der Waals surface area (Å²) in [6, 6.07) is 10.2. The maximum atomic E-state index is 9.26. The SMILES string of the molecule is Cc1ccccc1/C(C#N)=C1/CCC(=N)S1. The van der Waals surface area contributed by atoms with Crippen molar-refractivity contribution in [2.75, 3.05) is 0 Å². The third kappa shape index (κ3) is 2.02. The van der Waals surface area contributed by atoms with E-state index in [0.717, 1.165) is 34.4 Å². The van der Waals surface area contributed by atoms with Crippen molar-refractivity contribution in [3.05, 3.63) is 40.3 Å². The van der Waals surface area contributed by atoms with Crippen LogP contribution in [0.3, 0.4) is 0 Å². The van der Waals surface area contributed by atoms with Crippen LogP contribution in [0.1, 0.15) is 24.0 Å². The van der Waals surface area contributed by atoms with Crippen molar-refractivity contribution < 1.29 is 0 Å². The molecule has 0 amide bonds. The molecular formula is C13H12N2S. The number of hydrogen-bond donors (Lipinski definition) is 1. The Morgan fingerprint density at radius 1 is 1.38 bits per heavy atom. The molecule has 80 valence electrons. The van der Waals surface area contributed by atoms with E-state index in [1.807, 2.05) is 31.2 Å². The van der Waals surface area contributed by atoms with Gasteiger partial charge in [0.05, 0.1) is 10.6 Å². The molecule has 0 spiro atoms. The lowest BCUT2D eigenvalue weighted by Gasteiger charge is -2.06. The molecule has 3 heteroatoms. The van der Waals surface area contributed by atoms with Gasteiger partial charge in [0.1, 0.15) is 6.07 Å². The third-order valence-electron chi connectivity index (χ3n) is 2.63. The van der Waals surface area contributed by atoms with Crippen molar-refractivity contribution in [1.29, 1.82) is 10.7 Å². The van der Waals surface area contributed by atoms with Gasteiger partial charge in [0.25, 0.3) is 0 Å². The first-order chi connectivity index (χ1) is 7.72. The highest BCUT2D eigenvalue weighted by atomic mass is 32.2. The normalized spacial score (nSPS) is 18.4. The van der Waals surface area contributed by atoms with E-state index < -0.39 is 0 Å². The van der Waals surface area contributed by atoms with Gasteiger partial charge in [0, 0.05) is 11.3 Å². The van der Waals surface area contributed by atoms with E-state index in [4.69, 9.17) is 5.41 Å². The lowest BCUT2D eigenvalue weighted by atomic mass is 10.0. The molecule has 1 fully saturated rings. The first-order valence-electron chi connectivity index (χ1n) is 5.17. The van der Waals surface area contributed by atoms with Crippen molar-refractivity contribution in [1.82, 2.24) is 0 Å². The van der Waals surface area contributed by atoms with Crippen LogP contribution in [-0.4, -0.2) is 5.04 Å². The standard InChI is InChI=1S/C13H12N2S/c1-9-4-2-3-5-10(9)11(8-14)12-6-7-13(15)16-12/h2-5,15H,6-7H2,1H3/b12-11-,15-13?. The van der Waals surface area contributed by atoms with E-state index in [2.05, 4.69) is 6.07 Å². The summed E-state index contributed by atoms with van der Waals surface area (Å²) >= 11 is 1.44. The zero-order valence-corrected chi connectivity index (χ0v) is 9.90. The average Bonchev–Trinajstić information content (AvgIpc) is 2.69. The van der Waals surface area contributed by atoms with Gasteiger partial charge in [0.2, 0.25) is 0 Å². The first-order valence-corrected chi connectivity index (χ1v) is 5.98. The number of rotatable bonds is 1. The number of nitrogens with zero attached hydrogens (tertiary/aromatic N) is 1. The zero-order valence-electron chi connectivity index (χ0n) is 9.08. The molecule has 1 N–H and O–H groups in total. The Morgan fingerprint density at radius 3 is 2.69 bits per heavy atom. The van der Waals surface area contributed by atoms with Gasteiger partial charge in [0.15, 0.2) is 0 Å². The van der Waals surface area contributed by atoms with Crippen LogP contribution in [0.4, 0.5) is 0 Å². The first kappa shape index (κ1) is 11.0. The minimum absolute atomic E-state index is 0.663. The zero-order chi connectivity index (χ0) is 11.5. The topological polar surface area (TPSA) is 47.6 Å². The number of nitrogens with one attached hydrogen (secondary N) is 1. The second-order valence-corrected chi connectivity index (χ2v) is 4.94. The van der Waals surface area contributed by atoms with Crippen LogP contribution < -0.4 is 0 Å². The number of benzene rings is 1. The van der Waals surface area contributed by atoms with Crippen LogP contribution in [0.2, 0.25) is 0 Å². The van der Waals surface area contributed by atoms with Gasteiger partial charge < -0.3 is 0 Å². The highest BCUT2D eigenvalue weighted by Crippen LogP contribution is 2.38. The van der Waals surface area contributed by atoms with Crippen LogP contribution in [0, 0.1) is 23.7 Å². The van der Waals surface area contributed by atoms with E-state index in [-0.39, 0.29) is 0 Å². The maximum absolute atomic E-state index is 9.26. The Hall–Kier alpha value is -1.53. The van der Waals surface area contributed by atoms with Crippen LogP contribution in [-0.2, 0) is 0 Å². The van der Waals surface area contributed by atoms with Crippen molar-refractivity contribution in [3.63, 3.8) is 0 Å². The molecule has 0 unspecified atom stereocenters. The number of allylic oxidation sites excluding steroid dienone is 2. The summed E-state index contributed by atoms with van der Waals surface area (Å²) in [6.45, 7) is 2.01. The van der Waals surface area contributed by atoms with Gasteiger partial charge in [-0.25, -0.2) is 0 Å². The molecule has 1 saturated heterocycles. The van der Waals surface area contributed by atoms with Gasteiger partial charge in [-0.15, -0.1) is 0 Å². The summed E-state index contributed by atoms with van der Waals surface area (Å²) in [6.07, 6.45) is 1.61. The highest BCUT2D eigenvalue weighted by molar-refractivity contribution is 8.17. The summed E-state index contributed by atoms with van der Waals surface area (Å²) in [5.41, 5.74) is 2.86. The van der Waals surface area contributed by atoms with Gasteiger partial charge in [-0.3, -0.25) is 5.41 Å². The predicted octanol–water partition coefficient (Wildman–Crippen LogP) is 3.73. The van der Waals surface area contributed by atoms with E-state index in [1.165, 1.54) is 11.8 Å². The largest absolute Gasteiger partial charge is 0.298 e. The van der Waals surface area contributed by atoms with Crippen LogP contribution >= 0.6 is 11.8 Å². The second kappa shape index (κ2) is 4.54. The molecule has 0 atom stereocenters.